The van der Waals surface area contributed by atoms with Gasteiger partial charge in [0.1, 0.15) is 12.0 Å². The molecule has 1 aliphatic carbocycles. The molecule has 1 aromatic carbocycles. The Kier molecular flexibility index (Phi) is 5.23. The highest BCUT2D eigenvalue weighted by atomic mass is 19.3. The van der Waals surface area contributed by atoms with Crippen LogP contribution in [-0.2, 0) is 11.3 Å². The van der Waals surface area contributed by atoms with E-state index in [1.807, 2.05) is 13.8 Å². The number of carbonyl (C=O) groups is 1. The molecule has 1 amide bonds. The lowest BCUT2D eigenvalue weighted by atomic mass is 9.99. The predicted octanol–water partition coefficient (Wildman–Crippen LogP) is 3.02. The van der Waals surface area contributed by atoms with Gasteiger partial charge in [0.25, 0.3) is 11.5 Å². The van der Waals surface area contributed by atoms with Crippen LogP contribution in [0, 0.1) is 10.8 Å². The number of nitrogens with one attached hydrogen (secondary N) is 3. The zero-order chi connectivity index (χ0) is 23.2. The fourth-order valence-electron chi connectivity index (χ4n) is 3.69. The molecule has 3 N–H and O–H groups in total. The second kappa shape index (κ2) is 7.77. The highest BCUT2D eigenvalue weighted by molar-refractivity contribution is 5.91. The molecule has 8 nitrogen and oxygen atoms in total. The van der Waals surface area contributed by atoms with Crippen LogP contribution in [0.1, 0.15) is 43.4 Å². The van der Waals surface area contributed by atoms with Gasteiger partial charge in [0.05, 0.1) is 29.0 Å². The van der Waals surface area contributed by atoms with E-state index in [0.717, 1.165) is 11.0 Å². The maximum Gasteiger partial charge on any atom is 0.275 e. The van der Waals surface area contributed by atoms with Crippen LogP contribution < -0.4 is 16.4 Å². The van der Waals surface area contributed by atoms with E-state index < -0.39 is 23.3 Å². The smallest absolute Gasteiger partial charge is 0.275 e. The van der Waals surface area contributed by atoms with Crippen LogP contribution >= 0.6 is 0 Å². The Bertz CT molecular complexity index is 1360. The lowest BCUT2D eigenvalue weighted by molar-refractivity contribution is -0.117. The van der Waals surface area contributed by atoms with E-state index >= 15 is 0 Å². The van der Waals surface area contributed by atoms with Crippen molar-refractivity contribution in [3.63, 3.8) is 0 Å². The predicted molar refractivity (Wildman–Crippen MR) is 115 cm³/mol. The first-order valence-electron chi connectivity index (χ1n) is 10.1. The maximum absolute atomic E-state index is 13.5. The molecule has 1 aliphatic rings. The van der Waals surface area contributed by atoms with Crippen molar-refractivity contribution in [2.24, 2.45) is 0 Å². The highest BCUT2D eigenvalue weighted by Gasteiger charge is 2.57. The van der Waals surface area contributed by atoms with Gasteiger partial charge in [-0.1, -0.05) is 19.9 Å². The summed E-state index contributed by atoms with van der Waals surface area (Å²) in [6, 6.07) is 7.64. The molecule has 1 saturated carbocycles. The van der Waals surface area contributed by atoms with E-state index in [9.17, 15) is 18.4 Å². The van der Waals surface area contributed by atoms with Gasteiger partial charge >= 0.3 is 0 Å². The Morgan fingerprint density at radius 3 is 2.66 bits per heavy atom. The zero-order valence-corrected chi connectivity index (χ0v) is 17.5. The van der Waals surface area contributed by atoms with Crippen LogP contribution in [0.2, 0.25) is 0 Å². The summed E-state index contributed by atoms with van der Waals surface area (Å²) in [5.74, 6) is -4.14. The van der Waals surface area contributed by atoms with Crippen LogP contribution in [0.4, 0.5) is 14.5 Å². The molecule has 0 bridgehead atoms. The molecule has 0 aliphatic heterocycles. The van der Waals surface area contributed by atoms with E-state index in [0.29, 0.717) is 27.7 Å². The molecule has 2 heterocycles. The maximum atomic E-state index is 13.5. The molecule has 4 rings (SSSR count). The summed E-state index contributed by atoms with van der Waals surface area (Å²) in [4.78, 5) is 25.5. The lowest BCUT2D eigenvalue weighted by Crippen LogP contribution is -2.31. The Hall–Kier alpha value is -3.69. The summed E-state index contributed by atoms with van der Waals surface area (Å²) >= 11 is 0. The van der Waals surface area contributed by atoms with Crippen LogP contribution in [0.3, 0.4) is 0 Å². The molecule has 0 radical (unpaired) electrons. The van der Waals surface area contributed by atoms with Crippen molar-refractivity contribution in [3.05, 3.63) is 63.6 Å². The van der Waals surface area contributed by atoms with Gasteiger partial charge in [-0.2, -0.15) is 5.10 Å². The average molecular weight is 440 g/mol. The van der Waals surface area contributed by atoms with Gasteiger partial charge in [0.2, 0.25) is 5.91 Å². The molecule has 1 unspecified atom stereocenters. The summed E-state index contributed by atoms with van der Waals surface area (Å²) in [7, 11) is 0. The number of alkyl halides is 2. The van der Waals surface area contributed by atoms with Crippen LogP contribution in [-0.4, -0.2) is 32.5 Å². The van der Waals surface area contributed by atoms with Crippen molar-refractivity contribution < 1.29 is 13.6 Å². The van der Waals surface area contributed by atoms with Crippen LogP contribution in [0.25, 0.3) is 10.8 Å². The number of carbonyl (C=O) groups excluding carboxylic acids is 1. The third kappa shape index (κ3) is 3.95. The number of hydrogen-bond donors (Lipinski definition) is 3. The quantitative estimate of drug-likeness (QED) is 0.404. The third-order valence-electron chi connectivity index (χ3n) is 5.48. The molecule has 10 heteroatoms. The summed E-state index contributed by atoms with van der Waals surface area (Å²) in [5, 5.41) is 22.8. The molecule has 32 heavy (non-hydrogen) atoms. The number of anilines is 1. The topological polar surface area (TPSA) is 117 Å². The summed E-state index contributed by atoms with van der Waals surface area (Å²) in [6.45, 7) is 3.42. The molecule has 1 fully saturated rings. The SMILES string of the molecule is CC(C)c1nn(CC(=O)Nc2ccc(=N)n(C=N)c2)c(=O)c2ccc(C3CC3(F)F)cc12. The number of hydrogen-bond acceptors (Lipinski definition) is 5. The summed E-state index contributed by atoms with van der Waals surface area (Å²) in [5.41, 5.74) is 0.999. The molecule has 0 saturated heterocycles. The molecule has 3 aromatic rings. The van der Waals surface area contributed by atoms with Crippen molar-refractivity contribution in [1.29, 1.82) is 10.8 Å². The second-order valence-electron chi connectivity index (χ2n) is 8.21. The molecule has 1 atom stereocenters. The van der Waals surface area contributed by atoms with Crippen molar-refractivity contribution in [1.82, 2.24) is 14.3 Å². The number of halogens is 2. The van der Waals surface area contributed by atoms with Crippen molar-refractivity contribution in [2.45, 2.75) is 44.6 Å². The number of pyridine rings is 1. The Labute approximate surface area is 181 Å². The van der Waals surface area contributed by atoms with E-state index in [2.05, 4.69) is 10.4 Å². The number of benzene rings is 1. The molecule has 0 spiro atoms. The summed E-state index contributed by atoms with van der Waals surface area (Å²) < 4.78 is 29.3. The van der Waals surface area contributed by atoms with Crippen LogP contribution in [0.15, 0.2) is 41.3 Å². The minimum Gasteiger partial charge on any atom is -0.323 e. The van der Waals surface area contributed by atoms with Gasteiger partial charge < -0.3 is 5.32 Å². The number of aromatic nitrogens is 3. The van der Waals surface area contributed by atoms with Crippen molar-refractivity contribution in [3.8, 4) is 0 Å². The van der Waals surface area contributed by atoms with Gasteiger partial charge in [0.15, 0.2) is 0 Å². The minimum atomic E-state index is -2.71. The van der Waals surface area contributed by atoms with E-state index in [-0.39, 0.29) is 24.4 Å². The van der Waals surface area contributed by atoms with Gasteiger partial charge in [-0.05, 0) is 35.7 Å². The first-order valence-corrected chi connectivity index (χ1v) is 10.1. The molecule has 166 valence electrons. The van der Waals surface area contributed by atoms with Crippen LogP contribution in [0.5, 0.6) is 0 Å². The van der Waals surface area contributed by atoms with Gasteiger partial charge in [-0.25, -0.2) is 13.5 Å². The van der Waals surface area contributed by atoms with E-state index in [4.69, 9.17) is 10.8 Å². The normalized spacial score (nSPS) is 16.8. The van der Waals surface area contributed by atoms with Crippen molar-refractivity contribution >= 4 is 28.7 Å². The molecule has 2 aromatic heterocycles. The van der Waals surface area contributed by atoms with Gasteiger partial charge in [-0.15, -0.1) is 0 Å². The summed E-state index contributed by atoms with van der Waals surface area (Å²) in [6.07, 6.45) is 2.16. The fourth-order valence-corrected chi connectivity index (χ4v) is 3.69. The third-order valence-corrected chi connectivity index (χ3v) is 5.48. The Morgan fingerprint density at radius 1 is 1.31 bits per heavy atom. The lowest BCUT2D eigenvalue weighted by Gasteiger charge is -2.14. The fraction of sp³-hybridized carbons (Fsp3) is 0.318. The second-order valence-corrected chi connectivity index (χ2v) is 8.21. The highest BCUT2D eigenvalue weighted by Crippen LogP contribution is 2.55. The number of nitrogens with zero attached hydrogens (tertiary/aromatic N) is 3. The minimum absolute atomic E-state index is 0.0790. The van der Waals surface area contributed by atoms with E-state index in [1.54, 1.807) is 12.1 Å². The molecular formula is C22H22F2N6O2. The standard InChI is InChI=1S/C22H22F2N6O2/c1-12(2)20-16-7-13(17-8-22(17,23)24)3-5-15(16)21(32)30(28-20)10-19(31)27-14-4-6-18(26)29(9-14)11-25/h3-7,9,11-12,17,25-26H,8,10H2,1-2H3,(H,27,31). The Balaban J connectivity index is 1.67. The number of amides is 1. The zero-order valence-electron chi connectivity index (χ0n) is 17.5. The average Bonchev–Trinajstić information content (AvgIpc) is 3.39. The first kappa shape index (κ1) is 21.5. The molecular weight excluding hydrogens is 418 g/mol. The number of rotatable bonds is 6. The largest absolute Gasteiger partial charge is 0.323 e. The monoisotopic (exact) mass is 440 g/mol. The Morgan fingerprint density at radius 2 is 2.03 bits per heavy atom. The first-order chi connectivity index (χ1) is 15.1. The van der Waals surface area contributed by atoms with Gasteiger partial charge in [0, 0.05) is 18.0 Å². The van der Waals surface area contributed by atoms with E-state index in [1.165, 1.54) is 29.0 Å². The van der Waals surface area contributed by atoms with Gasteiger partial charge in [-0.3, -0.25) is 25.0 Å². The van der Waals surface area contributed by atoms with Crippen molar-refractivity contribution in [2.75, 3.05) is 5.32 Å². The number of fused-ring (bicyclic) bond motifs is 1.